The zero-order valence-electron chi connectivity index (χ0n) is 16.9. The van der Waals surface area contributed by atoms with Crippen LogP contribution >= 0.6 is 11.8 Å². The van der Waals surface area contributed by atoms with Gasteiger partial charge in [-0.05, 0) is 26.3 Å². The van der Waals surface area contributed by atoms with E-state index in [0.717, 1.165) is 35.3 Å². The van der Waals surface area contributed by atoms with E-state index in [4.69, 9.17) is 4.52 Å². The first-order valence-electron chi connectivity index (χ1n) is 9.30. The van der Waals surface area contributed by atoms with E-state index in [9.17, 15) is 0 Å². The van der Waals surface area contributed by atoms with E-state index >= 15 is 0 Å². The molecule has 0 aliphatic rings. The van der Waals surface area contributed by atoms with Crippen LogP contribution in [0.3, 0.4) is 0 Å². The van der Waals surface area contributed by atoms with E-state index in [-0.39, 0.29) is 10.7 Å². The van der Waals surface area contributed by atoms with Crippen molar-refractivity contribution in [2.75, 3.05) is 0 Å². The van der Waals surface area contributed by atoms with Crippen LogP contribution in [-0.2, 0) is 12.0 Å². The smallest absolute Gasteiger partial charge is 0.239 e. The average Bonchev–Trinajstić information content (AvgIpc) is 3.23. The van der Waals surface area contributed by atoms with Gasteiger partial charge in [0.05, 0.1) is 5.25 Å². The lowest BCUT2D eigenvalue weighted by atomic mass is 9.96. The summed E-state index contributed by atoms with van der Waals surface area (Å²) in [4.78, 5) is 4.57. The second-order valence-electron chi connectivity index (χ2n) is 7.79. The molecule has 1 aromatic carbocycles. The van der Waals surface area contributed by atoms with Crippen molar-refractivity contribution in [2.24, 2.45) is 0 Å². The van der Waals surface area contributed by atoms with Crippen molar-refractivity contribution in [3.05, 3.63) is 41.5 Å². The van der Waals surface area contributed by atoms with Gasteiger partial charge in [-0.3, -0.25) is 0 Å². The lowest BCUT2D eigenvalue weighted by Gasteiger charge is -2.12. The monoisotopic (exact) mass is 385 g/mol. The molecule has 0 spiro atoms. The van der Waals surface area contributed by atoms with E-state index in [1.807, 2.05) is 0 Å². The lowest BCUT2D eigenvalue weighted by Crippen LogP contribution is -2.13. The Kier molecular flexibility index (Phi) is 5.69. The zero-order valence-corrected chi connectivity index (χ0v) is 17.7. The number of thioether (sulfide) groups is 1. The Labute approximate surface area is 164 Å². The van der Waals surface area contributed by atoms with Gasteiger partial charge in [-0.1, -0.05) is 68.4 Å². The summed E-state index contributed by atoms with van der Waals surface area (Å²) in [5.74, 6) is 2.24. The van der Waals surface area contributed by atoms with Crippen LogP contribution in [-0.4, -0.2) is 24.9 Å². The Morgan fingerprint density at radius 1 is 1.22 bits per heavy atom. The van der Waals surface area contributed by atoms with Crippen LogP contribution in [0.4, 0.5) is 0 Å². The maximum atomic E-state index is 5.49. The molecule has 1 atom stereocenters. The number of aromatic nitrogens is 5. The number of aryl methyl sites for hydroxylation is 1. The first-order valence-corrected chi connectivity index (χ1v) is 10.2. The van der Waals surface area contributed by atoms with E-state index in [1.165, 1.54) is 5.56 Å². The van der Waals surface area contributed by atoms with Crippen LogP contribution in [0.15, 0.2) is 33.9 Å². The van der Waals surface area contributed by atoms with Crippen LogP contribution in [0.5, 0.6) is 0 Å². The molecule has 0 N–H and O–H groups in total. The number of nitrogens with zero attached hydrogens (tertiary/aromatic N) is 5. The van der Waals surface area contributed by atoms with Gasteiger partial charge in [0.25, 0.3) is 0 Å². The van der Waals surface area contributed by atoms with Crippen molar-refractivity contribution < 1.29 is 4.52 Å². The van der Waals surface area contributed by atoms with Crippen LogP contribution in [0.2, 0.25) is 0 Å². The Hall–Kier alpha value is -2.15. The second kappa shape index (κ2) is 7.84. The largest absolute Gasteiger partial charge is 0.338 e. The molecule has 27 heavy (non-hydrogen) atoms. The first-order chi connectivity index (χ1) is 12.8. The maximum Gasteiger partial charge on any atom is 0.239 e. The highest BCUT2D eigenvalue weighted by molar-refractivity contribution is 7.99. The highest BCUT2D eigenvalue weighted by atomic mass is 32.2. The molecule has 0 aliphatic carbocycles. The summed E-state index contributed by atoms with van der Waals surface area (Å²) in [6.45, 7) is 13.4. The Balaban J connectivity index is 1.87. The van der Waals surface area contributed by atoms with Gasteiger partial charge in [-0.2, -0.15) is 4.98 Å². The molecule has 6 nitrogen and oxygen atoms in total. The molecule has 144 valence electrons. The van der Waals surface area contributed by atoms with Crippen LogP contribution in [0, 0.1) is 6.92 Å². The number of hydrogen-bond acceptors (Lipinski definition) is 6. The predicted octanol–water partition coefficient (Wildman–Crippen LogP) is 5.20. The van der Waals surface area contributed by atoms with Gasteiger partial charge in [0, 0.05) is 17.5 Å². The van der Waals surface area contributed by atoms with Crippen molar-refractivity contribution in [3.63, 3.8) is 0 Å². The fraction of sp³-hybridized carbons (Fsp3) is 0.500. The second-order valence-corrected chi connectivity index (χ2v) is 9.10. The van der Waals surface area contributed by atoms with Gasteiger partial charge >= 0.3 is 0 Å². The first kappa shape index (κ1) is 19.6. The minimum Gasteiger partial charge on any atom is -0.338 e. The molecule has 7 heteroatoms. The molecular weight excluding hydrogens is 358 g/mol. The predicted molar refractivity (Wildman–Crippen MR) is 108 cm³/mol. The molecular formula is C20H27N5OS. The van der Waals surface area contributed by atoms with Crippen molar-refractivity contribution in [1.82, 2.24) is 24.9 Å². The van der Waals surface area contributed by atoms with Crippen molar-refractivity contribution in [2.45, 2.75) is 70.3 Å². The van der Waals surface area contributed by atoms with Crippen LogP contribution < -0.4 is 0 Å². The summed E-state index contributed by atoms with van der Waals surface area (Å²) in [7, 11) is 0. The SMILES string of the molecule is CCCn1c(SC(C)c2nc(C(C)(C)C)no2)nnc1-c1cccc(C)c1. The molecule has 3 rings (SSSR count). The minimum absolute atomic E-state index is 0.00114. The summed E-state index contributed by atoms with van der Waals surface area (Å²) in [5.41, 5.74) is 2.16. The summed E-state index contributed by atoms with van der Waals surface area (Å²) in [6, 6.07) is 8.36. The summed E-state index contributed by atoms with van der Waals surface area (Å²) in [6.07, 6.45) is 1.01. The molecule has 0 amide bonds. The van der Waals surface area contributed by atoms with E-state index in [1.54, 1.807) is 11.8 Å². The van der Waals surface area contributed by atoms with Crippen molar-refractivity contribution in [1.29, 1.82) is 0 Å². The third-order valence-electron chi connectivity index (χ3n) is 4.18. The molecule has 3 aromatic rings. The number of hydrogen-bond donors (Lipinski definition) is 0. The maximum absolute atomic E-state index is 5.49. The molecule has 0 saturated carbocycles. The van der Waals surface area contributed by atoms with E-state index in [0.29, 0.717) is 5.89 Å². The van der Waals surface area contributed by atoms with Gasteiger partial charge < -0.3 is 9.09 Å². The highest BCUT2D eigenvalue weighted by Gasteiger charge is 2.25. The van der Waals surface area contributed by atoms with E-state index in [2.05, 4.69) is 90.7 Å². The fourth-order valence-electron chi connectivity index (χ4n) is 2.71. The average molecular weight is 386 g/mol. The molecule has 0 aliphatic heterocycles. The van der Waals surface area contributed by atoms with Gasteiger partial charge in [0.2, 0.25) is 5.89 Å². The molecule has 1 unspecified atom stereocenters. The molecule has 0 bridgehead atoms. The van der Waals surface area contributed by atoms with Crippen LogP contribution in [0.1, 0.15) is 63.6 Å². The summed E-state index contributed by atoms with van der Waals surface area (Å²) >= 11 is 1.60. The Bertz CT molecular complexity index is 909. The Morgan fingerprint density at radius 2 is 2.00 bits per heavy atom. The summed E-state index contributed by atoms with van der Waals surface area (Å²) in [5, 5.41) is 13.9. The molecule has 0 fully saturated rings. The van der Waals surface area contributed by atoms with Crippen LogP contribution in [0.25, 0.3) is 11.4 Å². The molecule has 0 radical (unpaired) electrons. The highest BCUT2D eigenvalue weighted by Crippen LogP contribution is 2.35. The zero-order chi connectivity index (χ0) is 19.6. The number of benzene rings is 1. The van der Waals surface area contributed by atoms with Gasteiger partial charge in [0.15, 0.2) is 16.8 Å². The fourth-order valence-corrected chi connectivity index (χ4v) is 3.62. The third-order valence-corrected chi connectivity index (χ3v) is 5.25. The topological polar surface area (TPSA) is 69.6 Å². The summed E-state index contributed by atoms with van der Waals surface area (Å²) < 4.78 is 7.67. The lowest BCUT2D eigenvalue weighted by molar-refractivity contribution is 0.364. The van der Waals surface area contributed by atoms with Crippen molar-refractivity contribution in [3.8, 4) is 11.4 Å². The van der Waals surface area contributed by atoms with Gasteiger partial charge in [-0.25, -0.2) is 0 Å². The molecule has 2 aromatic heterocycles. The standard InChI is InChI=1S/C20H27N5OS/c1-7-11-25-16(15-10-8-9-13(2)12-15)22-23-19(25)27-14(3)17-21-18(24-26-17)20(4,5)6/h8-10,12,14H,7,11H2,1-6H3. The molecule has 0 saturated heterocycles. The van der Waals surface area contributed by atoms with E-state index < -0.39 is 0 Å². The normalized spacial score (nSPS) is 13.1. The third kappa shape index (κ3) is 4.40. The Morgan fingerprint density at radius 3 is 2.63 bits per heavy atom. The quantitative estimate of drug-likeness (QED) is 0.543. The van der Waals surface area contributed by atoms with Gasteiger partial charge in [0.1, 0.15) is 0 Å². The van der Waals surface area contributed by atoms with Gasteiger partial charge in [-0.15, -0.1) is 10.2 Å². The molecule has 2 heterocycles. The minimum atomic E-state index is -0.132. The van der Waals surface area contributed by atoms with Crippen molar-refractivity contribution >= 4 is 11.8 Å². The number of rotatable bonds is 6.